The topological polar surface area (TPSA) is 89.6 Å². The highest BCUT2D eigenvalue weighted by Gasteiger charge is 2.04. The first-order valence-electron chi connectivity index (χ1n) is 2.95. The smallest absolute Gasteiger partial charge is 0.352 e. The zero-order chi connectivity index (χ0) is 8.85. The summed E-state index contributed by atoms with van der Waals surface area (Å²) in [6, 6.07) is 0. The van der Waals surface area contributed by atoms with Gasteiger partial charge in [-0.2, -0.15) is 0 Å². The van der Waals surface area contributed by atoms with Crippen LogP contribution >= 0.6 is 0 Å². The molecule has 0 aliphatic carbocycles. The van der Waals surface area contributed by atoms with Crippen molar-refractivity contribution in [3.63, 3.8) is 0 Å². The number of hydrogen-bond donors (Lipinski definition) is 2. The lowest BCUT2D eigenvalue weighted by Crippen LogP contribution is -2.13. The normalized spacial score (nSPS) is 10.8. The Morgan fingerprint density at radius 2 is 2.18 bits per heavy atom. The van der Waals surface area contributed by atoms with Gasteiger partial charge in [0.25, 0.3) is 0 Å². The largest absolute Gasteiger partial charge is 0.477 e. The molecule has 0 bridgehead atoms. The van der Waals surface area contributed by atoms with Crippen LogP contribution in [0.3, 0.4) is 0 Å². The third kappa shape index (κ3) is 3.96. The van der Waals surface area contributed by atoms with E-state index in [2.05, 4.69) is 4.74 Å². The van der Waals surface area contributed by atoms with Gasteiger partial charge in [0.05, 0.1) is 12.7 Å². The fraction of sp³-hybridized carbons (Fsp3) is 0.333. The summed E-state index contributed by atoms with van der Waals surface area (Å²) in [5.74, 6) is -2.08. The summed E-state index contributed by atoms with van der Waals surface area (Å²) in [7, 11) is 0. The van der Waals surface area contributed by atoms with Crippen LogP contribution in [0.15, 0.2) is 11.8 Å². The maximum Gasteiger partial charge on any atom is 0.352 e. The molecule has 5 nitrogen and oxygen atoms in total. The standard InChI is InChI=1S/C6H9NO4/c1-2-11-5(8)3-4(7)6(9)10/h3H,2,7H2,1H3,(H,9,10)/b4-3-. The molecule has 0 atom stereocenters. The molecule has 0 saturated carbocycles. The van der Waals surface area contributed by atoms with Crippen LogP contribution in [-0.4, -0.2) is 23.7 Å². The zero-order valence-electron chi connectivity index (χ0n) is 6.03. The monoisotopic (exact) mass is 159 g/mol. The van der Waals surface area contributed by atoms with Crippen molar-refractivity contribution in [3.8, 4) is 0 Å². The first-order chi connectivity index (χ1) is 5.07. The summed E-state index contributed by atoms with van der Waals surface area (Å²) in [6.07, 6.45) is 0.728. The molecule has 0 fully saturated rings. The summed E-state index contributed by atoms with van der Waals surface area (Å²) < 4.78 is 4.40. The average molecular weight is 159 g/mol. The Kier molecular flexibility index (Phi) is 3.72. The van der Waals surface area contributed by atoms with Crippen molar-refractivity contribution < 1.29 is 19.4 Å². The molecule has 0 unspecified atom stereocenters. The molecule has 5 heteroatoms. The van der Waals surface area contributed by atoms with Crippen LogP contribution in [0, 0.1) is 0 Å². The Morgan fingerprint density at radius 1 is 1.64 bits per heavy atom. The molecule has 0 amide bonds. The Morgan fingerprint density at radius 3 is 2.55 bits per heavy atom. The van der Waals surface area contributed by atoms with Gasteiger partial charge in [-0.3, -0.25) is 0 Å². The Labute approximate surface area is 63.4 Å². The van der Waals surface area contributed by atoms with Gasteiger partial charge in [-0.25, -0.2) is 9.59 Å². The van der Waals surface area contributed by atoms with E-state index in [1.807, 2.05) is 0 Å². The molecule has 0 saturated heterocycles. The molecule has 0 aromatic heterocycles. The van der Waals surface area contributed by atoms with Crippen molar-refractivity contribution in [3.05, 3.63) is 11.8 Å². The van der Waals surface area contributed by atoms with Gasteiger partial charge in [0.1, 0.15) is 5.70 Å². The summed E-state index contributed by atoms with van der Waals surface area (Å²) in [6.45, 7) is 1.81. The number of hydrogen-bond acceptors (Lipinski definition) is 4. The van der Waals surface area contributed by atoms with Crippen LogP contribution in [0.4, 0.5) is 0 Å². The van der Waals surface area contributed by atoms with E-state index in [4.69, 9.17) is 10.8 Å². The number of esters is 1. The minimum absolute atomic E-state index is 0.197. The number of carbonyl (C=O) groups excluding carboxylic acids is 1. The molecule has 0 radical (unpaired) electrons. The van der Waals surface area contributed by atoms with E-state index < -0.39 is 17.6 Å². The van der Waals surface area contributed by atoms with Crippen LogP contribution in [-0.2, 0) is 14.3 Å². The number of aliphatic carboxylic acids is 1. The highest BCUT2D eigenvalue weighted by molar-refractivity contribution is 5.94. The van der Waals surface area contributed by atoms with Crippen LogP contribution < -0.4 is 5.73 Å². The number of nitrogens with two attached hydrogens (primary N) is 1. The number of carbonyl (C=O) groups is 2. The van der Waals surface area contributed by atoms with Gasteiger partial charge in [-0.15, -0.1) is 0 Å². The summed E-state index contributed by atoms with van der Waals surface area (Å²) in [4.78, 5) is 20.6. The van der Waals surface area contributed by atoms with Gasteiger partial charge in [0.2, 0.25) is 0 Å². The first-order valence-corrected chi connectivity index (χ1v) is 2.95. The van der Waals surface area contributed by atoms with Crippen molar-refractivity contribution in [1.82, 2.24) is 0 Å². The molecular weight excluding hydrogens is 150 g/mol. The average Bonchev–Trinajstić information content (AvgIpc) is 1.87. The maximum atomic E-state index is 10.5. The quantitative estimate of drug-likeness (QED) is 0.427. The van der Waals surface area contributed by atoms with Crippen molar-refractivity contribution >= 4 is 11.9 Å². The molecule has 0 aliphatic heterocycles. The molecule has 0 rings (SSSR count). The van der Waals surface area contributed by atoms with Crippen LogP contribution in [0.2, 0.25) is 0 Å². The summed E-state index contributed by atoms with van der Waals surface area (Å²) in [5, 5.41) is 8.20. The van der Waals surface area contributed by atoms with Gasteiger partial charge < -0.3 is 15.6 Å². The highest BCUT2D eigenvalue weighted by atomic mass is 16.5. The number of rotatable bonds is 3. The number of carboxylic acids is 1. The highest BCUT2D eigenvalue weighted by Crippen LogP contribution is 1.86. The van der Waals surface area contributed by atoms with Crippen LogP contribution in [0.5, 0.6) is 0 Å². The molecule has 62 valence electrons. The lowest BCUT2D eigenvalue weighted by atomic mass is 10.4. The van der Waals surface area contributed by atoms with Gasteiger partial charge in [-0.1, -0.05) is 0 Å². The molecular formula is C6H9NO4. The molecule has 0 spiro atoms. The third-order valence-corrected chi connectivity index (χ3v) is 0.807. The maximum absolute atomic E-state index is 10.5. The fourth-order valence-electron chi connectivity index (χ4n) is 0.373. The lowest BCUT2D eigenvalue weighted by Gasteiger charge is -1.95. The minimum atomic E-state index is -1.34. The number of ether oxygens (including phenoxy) is 1. The summed E-state index contributed by atoms with van der Waals surface area (Å²) >= 11 is 0. The molecule has 3 N–H and O–H groups in total. The van der Waals surface area contributed by atoms with Gasteiger partial charge in [0, 0.05) is 0 Å². The second-order valence-corrected chi connectivity index (χ2v) is 1.66. The van der Waals surface area contributed by atoms with Crippen molar-refractivity contribution in [1.29, 1.82) is 0 Å². The third-order valence-electron chi connectivity index (χ3n) is 0.807. The first kappa shape index (κ1) is 9.48. The van der Waals surface area contributed by atoms with E-state index in [1.54, 1.807) is 6.92 Å². The predicted molar refractivity (Wildman–Crippen MR) is 36.5 cm³/mol. The molecule has 11 heavy (non-hydrogen) atoms. The summed E-state index contributed by atoms with van der Waals surface area (Å²) in [5.41, 5.74) is 4.38. The SMILES string of the molecule is CCOC(=O)/C=C(\N)C(=O)O. The van der Waals surface area contributed by atoms with Crippen molar-refractivity contribution in [2.24, 2.45) is 5.73 Å². The molecule has 0 aromatic carbocycles. The molecule has 0 aliphatic rings. The van der Waals surface area contributed by atoms with Crippen LogP contribution in [0.1, 0.15) is 6.92 Å². The zero-order valence-corrected chi connectivity index (χ0v) is 6.03. The second-order valence-electron chi connectivity index (χ2n) is 1.66. The van der Waals surface area contributed by atoms with Crippen molar-refractivity contribution in [2.45, 2.75) is 6.92 Å². The Balaban J connectivity index is 4.08. The van der Waals surface area contributed by atoms with E-state index in [0.717, 1.165) is 6.08 Å². The van der Waals surface area contributed by atoms with Gasteiger partial charge >= 0.3 is 11.9 Å². The van der Waals surface area contributed by atoms with Gasteiger partial charge in [0.15, 0.2) is 0 Å². The van der Waals surface area contributed by atoms with Gasteiger partial charge in [-0.05, 0) is 6.92 Å². The second kappa shape index (κ2) is 4.32. The van der Waals surface area contributed by atoms with Crippen molar-refractivity contribution in [2.75, 3.05) is 6.61 Å². The number of carboxylic acid groups (broad SMARTS) is 1. The fourth-order valence-corrected chi connectivity index (χ4v) is 0.373. The Hall–Kier alpha value is -1.52. The Bertz CT molecular complexity index is 197. The van der Waals surface area contributed by atoms with E-state index in [0.29, 0.717) is 0 Å². The van der Waals surface area contributed by atoms with E-state index in [9.17, 15) is 9.59 Å². The van der Waals surface area contributed by atoms with E-state index in [1.165, 1.54) is 0 Å². The van der Waals surface area contributed by atoms with Crippen LogP contribution in [0.25, 0.3) is 0 Å². The van der Waals surface area contributed by atoms with E-state index in [-0.39, 0.29) is 6.61 Å². The minimum Gasteiger partial charge on any atom is -0.477 e. The molecule has 0 heterocycles. The lowest BCUT2D eigenvalue weighted by molar-refractivity contribution is -0.138. The molecule has 0 aromatic rings. The predicted octanol–water partition coefficient (Wildman–Crippen LogP) is -0.523. The van der Waals surface area contributed by atoms with E-state index >= 15 is 0 Å².